The Balaban J connectivity index is 1.87. The third kappa shape index (κ3) is 4.43. The van der Waals surface area contributed by atoms with Crippen molar-refractivity contribution in [2.24, 2.45) is 10.7 Å². The van der Waals surface area contributed by atoms with E-state index >= 15 is 0 Å². The second-order valence-electron chi connectivity index (χ2n) is 5.98. The summed E-state index contributed by atoms with van der Waals surface area (Å²) in [5.41, 5.74) is 9.73. The van der Waals surface area contributed by atoms with Crippen LogP contribution in [0.3, 0.4) is 0 Å². The van der Waals surface area contributed by atoms with Crippen molar-refractivity contribution in [3.05, 3.63) is 77.6 Å². The fourth-order valence-electron chi connectivity index (χ4n) is 2.91. The van der Waals surface area contributed by atoms with Crippen LogP contribution in [0.25, 0.3) is 22.0 Å². The van der Waals surface area contributed by atoms with Crippen molar-refractivity contribution >= 4 is 39.4 Å². The number of hydrogen-bond acceptors (Lipinski definition) is 2. The summed E-state index contributed by atoms with van der Waals surface area (Å²) in [6.07, 6.45) is 4.66. The van der Waals surface area contributed by atoms with Gasteiger partial charge in [0.25, 0.3) is 0 Å². The Labute approximate surface area is 163 Å². The highest BCUT2D eigenvalue weighted by Crippen LogP contribution is 2.28. The number of amidine groups is 1. The zero-order valence-corrected chi connectivity index (χ0v) is 15.9. The van der Waals surface area contributed by atoms with E-state index in [1.807, 2.05) is 30.5 Å². The number of allylic oxidation sites excluding steroid dienone is 1. The first kappa shape index (κ1) is 18.4. The molecule has 0 radical (unpaired) electrons. The summed E-state index contributed by atoms with van der Waals surface area (Å²) < 4.78 is 0. The van der Waals surface area contributed by atoms with Crippen LogP contribution in [-0.2, 0) is 0 Å². The molecule has 1 unspecified atom stereocenters. The average molecular weight is 384 g/mol. The predicted molar refractivity (Wildman–Crippen MR) is 112 cm³/mol. The van der Waals surface area contributed by atoms with Gasteiger partial charge in [-0.2, -0.15) is 0 Å². The molecule has 3 nitrogen and oxygen atoms in total. The van der Waals surface area contributed by atoms with Crippen LogP contribution in [0.2, 0.25) is 0 Å². The van der Waals surface area contributed by atoms with E-state index in [1.165, 1.54) is 0 Å². The molecule has 2 N–H and O–H groups in total. The van der Waals surface area contributed by atoms with Crippen molar-refractivity contribution in [1.82, 2.24) is 4.98 Å². The molecule has 1 atom stereocenters. The van der Waals surface area contributed by atoms with E-state index in [4.69, 9.17) is 28.9 Å². The van der Waals surface area contributed by atoms with Crippen molar-refractivity contribution in [2.45, 2.75) is 19.3 Å². The van der Waals surface area contributed by atoms with Crippen LogP contribution in [0.5, 0.6) is 0 Å². The smallest absolute Gasteiger partial charge is 0.194 e. The fraction of sp³-hybridized carbons (Fsp3) is 0.143. The molecule has 3 rings (SSSR count). The standard InChI is InChI=1S/C21H19Cl2N3/c1-2-14(12-20(22)26-21(23)24)15-7-9-16(10-8-15)18-11-17-5-3-4-6-19(17)25-13-18/h3-14H,2H2,1H3,(H2,24,26)/b20-12-. The minimum Gasteiger partial charge on any atom is -0.374 e. The van der Waals surface area contributed by atoms with Gasteiger partial charge in [0.05, 0.1) is 5.52 Å². The SMILES string of the molecule is CCC(/C=C(Cl)\N=C(/N)Cl)c1ccc(-c2cnc3ccccc3c2)cc1. The van der Waals surface area contributed by atoms with E-state index in [2.05, 4.69) is 53.3 Å². The number of nitrogens with zero attached hydrogens (tertiary/aromatic N) is 2. The molecular formula is C21H19Cl2N3. The number of fused-ring (bicyclic) bond motifs is 1. The van der Waals surface area contributed by atoms with Gasteiger partial charge in [0, 0.05) is 23.1 Å². The molecule has 0 fully saturated rings. The van der Waals surface area contributed by atoms with Gasteiger partial charge in [-0.05, 0) is 47.4 Å². The van der Waals surface area contributed by atoms with Crippen molar-refractivity contribution in [2.75, 3.05) is 0 Å². The summed E-state index contributed by atoms with van der Waals surface area (Å²) in [6.45, 7) is 2.10. The highest BCUT2D eigenvalue weighted by molar-refractivity contribution is 6.64. The molecule has 3 aromatic rings. The van der Waals surface area contributed by atoms with E-state index < -0.39 is 0 Å². The maximum Gasteiger partial charge on any atom is 0.194 e. The Morgan fingerprint density at radius 3 is 2.54 bits per heavy atom. The summed E-state index contributed by atoms with van der Waals surface area (Å²) in [5, 5.41) is 1.36. The van der Waals surface area contributed by atoms with Crippen LogP contribution in [0.1, 0.15) is 24.8 Å². The Morgan fingerprint density at radius 2 is 1.85 bits per heavy atom. The lowest BCUT2D eigenvalue weighted by molar-refractivity contribution is 0.802. The minimum absolute atomic E-state index is 0.0692. The van der Waals surface area contributed by atoms with Gasteiger partial charge in [-0.25, -0.2) is 4.99 Å². The second-order valence-corrected chi connectivity index (χ2v) is 6.75. The van der Waals surface area contributed by atoms with Gasteiger partial charge >= 0.3 is 0 Å². The molecule has 0 amide bonds. The monoisotopic (exact) mass is 383 g/mol. The average Bonchev–Trinajstić information content (AvgIpc) is 2.65. The van der Waals surface area contributed by atoms with Crippen molar-refractivity contribution in [1.29, 1.82) is 0 Å². The summed E-state index contributed by atoms with van der Waals surface area (Å²) in [6, 6.07) is 18.7. The highest BCUT2D eigenvalue weighted by Gasteiger charge is 2.09. The quantitative estimate of drug-likeness (QED) is 0.332. The van der Waals surface area contributed by atoms with Gasteiger partial charge in [0.15, 0.2) is 5.29 Å². The Bertz CT molecular complexity index is 958. The molecule has 0 saturated carbocycles. The Kier molecular flexibility index (Phi) is 5.92. The number of halogens is 2. The number of aliphatic imine (C=N–C) groups is 1. The molecule has 26 heavy (non-hydrogen) atoms. The maximum atomic E-state index is 6.08. The number of rotatable bonds is 5. The molecule has 132 valence electrons. The molecule has 5 heteroatoms. The van der Waals surface area contributed by atoms with Crippen molar-refractivity contribution in [3.63, 3.8) is 0 Å². The van der Waals surface area contributed by atoms with Gasteiger partial charge < -0.3 is 5.73 Å². The van der Waals surface area contributed by atoms with Crippen molar-refractivity contribution in [3.8, 4) is 11.1 Å². The number of pyridine rings is 1. The van der Waals surface area contributed by atoms with E-state index in [0.29, 0.717) is 5.16 Å². The molecule has 0 bridgehead atoms. The first-order valence-electron chi connectivity index (χ1n) is 8.39. The molecule has 1 heterocycles. The van der Waals surface area contributed by atoms with Crippen molar-refractivity contribution < 1.29 is 0 Å². The van der Waals surface area contributed by atoms with Gasteiger partial charge in [-0.3, -0.25) is 4.98 Å². The molecule has 0 spiro atoms. The van der Waals surface area contributed by atoms with Gasteiger partial charge in [0.1, 0.15) is 5.16 Å². The zero-order valence-electron chi connectivity index (χ0n) is 14.4. The number of aromatic nitrogens is 1. The molecule has 0 aliphatic rings. The minimum atomic E-state index is -0.0692. The zero-order chi connectivity index (χ0) is 18.5. The second kappa shape index (κ2) is 8.35. The van der Waals surface area contributed by atoms with Crippen LogP contribution < -0.4 is 5.73 Å². The molecule has 0 aliphatic heterocycles. The summed E-state index contributed by atoms with van der Waals surface area (Å²) in [5.74, 6) is 0.144. The Morgan fingerprint density at radius 1 is 1.12 bits per heavy atom. The Hall–Kier alpha value is -2.36. The largest absolute Gasteiger partial charge is 0.374 e. The number of hydrogen-bond donors (Lipinski definition) is 1. The fourth-order valence-corrected chi connectivity index (χ4v) is 3.28. The van der Waals surface area contributed by atoms with Gasteiger partial charge in [-0.1, -0.05) is 61.0 Å². The van der Waals surface area contributed by atoms with E-state index in [9.17, 15) is 0 Å². The van der Waals surface area contributed by atoms with E-state index in [-0.39, 0.29) is 11.2 Å². The first-order chi connectivity index (χ1) is 12.6. The van der Waals surface area contributed by atoms with Crippen LogP contribution in [0, 0.1) is 0 Å². The van der Waals surface area contributed by atoms with Crippen LogP contribution in [0.4, 0.5) is 0 Å². The van der Waals surface area contributed by atoms with Crippen LogP contribution in [-0.4, -0.2) is 10.3 Å². The lowest BCUT2D eigenvalue weighted by atomic mass is 9.94. The molecule has 0 saturated heterocycles. The summed E-state index contributed by atoms with van der Waals surface area (Å²) in [7, 11) is 0. The topological polar surface area (TPSA) is 51.3 Å². The lowest BCUT2D eigenvalue weighted by Gasteiger charge is -2.12. The third-order valence-electron chi connectivity index (χ3n) is 4.25. The van der Waals surface area contributed by atoms with E-state index in [0.717, 1.165) is 34.0 Å². The number of benzene rings is 2. The molecule has 2 aromatic carbocycles. The predicted octanol–water partition coefficient (Wildman–Crippen LogP) is 6.03. The van der Waals surface area contributed by atoms with Crippen LogP contribution >= 0.6 is 23.2 Å². The lowest BCUT2D eigenvalue weighted by Crippen LogP contribution is -2.01. The first-order valence-corrected chi connectivity index (χ1v) is 9.14. The van der Waals surface area contributed by atoms with Gasteiger partial charge in [-0.15, -0.1) is 0 Å². The molecule has 0 aliphatic carbocycles. The number of para-hydroxylation sites is 1. The summed E-state index contributed by atoms with van der Waals surface area (Å²) >= 11 is 11.7. The van der Waals surface area contributed by atoms with E-state index in [1.54, 1.807) is 0 Å². The maximum absolute atomic E-state index is 6.08. The highest BCUT2D eigenvalue weighted by atomic mass is 35.5. The molecule has 1 aromatic heterocycles. The van der Waals surface area contributed by atoms with Gasteiger partial charge in [0.2, 0.25) is 0 Å². The third-order valence-corrected chi connectivity index (χ3v) is 4.55. The summed E-state index contributed by atoms with van der Waals surface area (Å²) in [4.78, 5) is 8.40. The molecular weight excluding hydrogens is 365 g/mol. The number of nitrogens with two attached hydrogens (primary N) is 1. The normalized spacial score (nSPS) is 13.8. The van der Waals surface area contributed by atoms with Crippen LogP contribution in [0.15, 0.2) is 77.0 Å².